The summed E-state index contributed by atoms with van der Waals surface area (Å²) in [6, 6.07) is 19.8. The van der Waals surface area contributed by atoms with E-state index in [-0.39, 0.29) is 34.7 Å². The molecule has 0 radical (unpaired) electrons. The Labute approximate surface area is 245 Å². The highest BCUT2D eigenvalue weighted by molar-refractivity contribution is 6.32. The standard InChI is InChI=1S/C31H27ClN4O6/c1-2-40-26-16-20(15-23(32)29(26)41-19-28(37)35-11-13-39-14-12-35)18-33-36-30(27-17-21-7-3-6-10-25(21)42-27)34-24-9-5-4-8-22(24)31(36)38/h3-10,15-18H,2,11-14,19H2,1H3. The van der Waals surface area contributed by atoms with Gasteiger partial charge in [0.1, 0.15) is 5.58 Å². The molecule has 1 amide bonds. The van der Waals surface area contributed by atoms with Crippen LogP contribution in [0.4, 0.5) is 0 Å². The number of halogens is 1. The summed E-state index contributed by atoms with van der Waals surface area (Å²) in [6.07, 6.45) is 1.49. The molecule has 0 N–H and O–H groups in total. The number of fused-ring (bicyclic) bond motifs is 2. The summed E-state index contributed by atoms with van der Waals surface area (Å²) in [5, 5.41) is 6.03. The van der Waals surface area contributed by atoms with Gasteiger partial charge in [-0.25, -0.2) is 4.98 Å². The number of morpholine rings is 1. The zero-order valence-electron chi connectivity index (χ0n) is 22.8. The molecule has 3 aromatic carbocycles. The molecule has 1 aliphatic rings. The minimum absolute atomic E-state index is 0.163. The number of aromatic nitrogens is 2. The van der Waals surface area contributed by atoms with Crippen molar-refractivity contribution in [2.75, 3.05) is 39.5 Å². The first-order valence-electron chi connectivity index (χ1n) is 13.5. The lowest BCUT2D eigenvalue weighted by molar-refractivity contribution is -0.137. The lowest BCUT2D eigenvalue weighted by Crippen LogP contribution is -2.43. The Kier molecular flexibility index (Phi) is 7.89. The molecule has 1 saturated heterocycles. The van der Waals surface area contributed by atoms with Crippen LogP contribution in [-0.2, 0) is 9.53 Å². The van der Waals surface area contributed by atoms with E-state index in [4.69, 9.17) is 35.2 Å². The van der Waals surface area contributed by atoms with Gasteiger partial charge in [0.25, 0.3) is 11.5 Å². The van der Waals surface area contributed by atoms with Crippen molar-refractivity contribution >= 4 is 45.6 Å². The highest BCUT2D eigenvalue weighted by Gasteiger charge is 2.20. The second-order valence-electron chi connectivity index (χ2n) is 9.51. The van der Waals surface area contributed by atoms with Crippen molar-refractivity contribution in [2.24, 2.45) is 5.10 Å². The SMILES string of the molecule is CCOc1cc(C=Nn2c(-c3cc4ccccc4o3)nc3ccccc3c2=O)cc(Cl)c1OCC(=O)N1CCOCC1. The van der Waals surface area contributed by atoms with Crippen LogP contribution in [0.25, 0.3) is 33.5 Å². The number of carbonyl (C=O) groups is 1. The van der Waals surface area contributed by atoms with Crippen molar-refractivity contribution in [1.82, 2.24) is 14.6 Å². The molecule has 42 heavy (non-hydrogen) atoms. The maximum Gasteiger partial charge on any atom is 0.282 e. The van der Waals surface area contributed by atoms with Gasteiger partial charge in [-0.15, -0.1) is 0 Å². The number of hydrogen-bond donors (Lipinski definition) is 0. The highest BCUT2D eigenvalue weighted by Crippen LogP contribution is 2.36. The van der Waals surface area contributed by atoms with Crippen molar-refractivity contribution in [3.8, 4) is 23.1 Å². The zero-order chi connectivity index (χ0) is 29.1. The van der Waals surface area contributed by atoms with Crippen molar-refractivity contribution in [3.63, 3.8) is 0 Å². The minimum Gasteiger partial charge on any atom is -0.490 e. The van der Waals surface area contributed by atoms with Gasteiger partial charge < -0.3 is 23.5 Å². The topological polar surface area (TPSA) is 108 Å². The van der Waals surface area contributed by atoms with Crippen LogP contribution in [0.3, 0.4) is 0 Å². The largest absolute Gasteiger partial charge is 0.490 e. The molecule has 0 saturated carbocycles. The third-order valence-electron chi connectivity index (χ3n) is 6.76. The van der Waals surface area contributed by atoms with Crippen LogP contribution in [-0.4, -0.2) is 66.2 Å². The van der Waals surface area contributed by atoms with Crippen LogP contribution in [0.1, 0.15) is 12.5 Å². The average molecular weight is 587 g/mol. The third-order valence-corrected chi connectivity index (χ3v) is 7.04. The summed E-state index contributed by atoms with van der Waals surface area (Å²) >= 11 is 6.60. The molecule has 10 nitrogen and oxygen atoms in total. The molecule has 3 heterocycles. The number of furan rings is 1. The summed E-state index contributed by atoms with van der Waals surface area (Å²) in [5.41, 5.74) is 1.39. The van der Waals surface area contributed by atoms with E-state index in [9.17, 15) is 9.59 Å². The first-order chi connectivity index (χ1) is 20.5. The van der Waals surface area contributed by atoms with Gasteiger partial charge in [-0.3, -0.25) is 9.59 Å². The molecule has 1 aliphatic heterocycles. The predicted octanol–water partition coefficient (Wildman–Crippen LogP) is 4.98. The average Bonchev–Trinajstić information content (AvgIpc) is 3.45. The van der Waals surface area contributed by atoms with Gasteiger partial charge in [0.2, 0.25) is 5.82 Å². The van der Waals surface area contributed by atoms with Crippen molar-refractivity contribution in [2.45, 2.75) is 6.92 Å². The van der Waals surface area contributed by atoms with Crippen LogP contribution in [0, 0.1) is 0 Å². The Morgan fingerprint density at radius 3 is 2.67 bits per heavy atom. The fourth-order valence-corrected chi connectivity index (χ4v) is 4.98. The number of carbonyl (C=O) groups excluding carboxylic acids is 1. The van der Waals surface area contributed by atoms with E-state index in [0.717, 1.165) is 5.39 Å². The molecule has 6 rings (SSSR count). The lowest BCUT2D eigenvalue weighted by atomic mass is 10.2. The van der Waals surface area contributed by atoms with Crippen molar-refractivity contribution in [1.29, 1.82) is 0 Å². The van der Waals surface area contributed by atoms with Gasteiger partial charge in [0.15, 0.2) is 23.9 Å². The number of benzene rings is 3. The number of hydrogen-bond acceptors (Lipinski definition) is 8. The third kappa shape index (κ3) is 5.59. The molecular formula is C31H27ClN4O6. The normalized spacial score (nSPS) is 13.7. The van der Waals surface area contributed by atoms with E-state index in [0.29, 0.717) is 66.5 Å². The smallest absolute Gasteiger partial charge is 0.282 e. The molecular weight excluding hydrogens is 560 g/mol. The predicted molar refractivity (Wildman–Crippen MR) is 160 cm³/mol. The summed E-state index contributed by atoms with van der Waals surface area (Å²) in [6.45, 7) is 4.01. The van der Waals surface area contributed by atoms with Crippen LogP contribution in [0.2, 0.25) is 5.02 Å². The molecule has 0 unspecified atom stereocenters. The van der Waals surface area contributed by atoms with E-state index in [1.165, 1.54) is 10.9 Å². The van der Waals surface area contributed by atoms with Crippen LogP contribution in [0.15, 0.2) is 81.0 Å². The molecule has 5 aromatic rings. The zero-order valence-corrected chi connectivity index (χ0v) is 23.5. The summed E-state index contributed by atoms with van der Waals surface area (Å²) in [4.78, 5) is 32.6. The Balaban J connectivity index is 1.35. The van der Waals surface area contributed by atoms with E-state index < -0.39 is 0 Å². The highest BCUT2D eigenvalue weighted by atomic mass is 35.5. The summed E-state index contributed by atoms with van der Waals surface area (Å²) in [5.74, 6) is 1.10. The molecule has 2 aromatic heterocycles. The fraction of sp³-hybridized carbons (Fsp3) is 0.226. The Hall–Kier alpha value is -4.67. The second kappa shape index (κ2) is 12.1. The first-order valence-corrected chi connectivity index (χ1v) is 13.9. The first kappa shape index (κ1) is 27.5. The fourth-order valence-electron chi connectivity index (χ4n) is 4.71. The Morgan fingerprint density at radius 2 is 1.86 bits per heavy atom. The van der Waals surface area contributed by atoms with Crippen LogP contribution >= 0.6 is 11.6 Å². The molecule has 0 aliphatic carbocycles. The minimum atomic E-state index is -0.356. The monoisotopic (exact) mass is 586 g/mol. The number of ether oxygens (including phenoxy) is 3. The Morgan fingerprint density at radius 1 is 1.07 bits per heavy atom. The molecule has 0 spiro atoms. The van der Waals surface area contributed by atoms with E-state index in [1.807, 2.05) is 43.3 Å². The van der Waals surface area contributed by atoms with Gasteiger partial charge in [-0.2, -0.15) is 9.78 Å². The van der Waals surface area contributed by atoms with Crippen LogP contribution < -0.4 is 15.0 Å². The van der Waals surface area contributed by atoms with Gasteiger partial charge in [0, 0.05) is 18.5 Å². The van der Waals surface area contributed by atoms with Crippen molar-refractivity contribution < 1.29 is 23.4 Å². The number of amides is 1. The Bertz CT molecular complexity index is 1830. The maximum atomic E-state index is 13.6. The van der Waals surface area contributed by atoms with Gasteiger partial charge >= 0.3 is 0 Å². The van der Waals surface area contributed by atoms with Gasteiger partial charge in [-0.1, -0.05) is 41.9 Å². The van der Waals surface area contributed by atoms with E-state index in [1.54, 1.807) is 35.2 Å². The molecule has 11 heteroatoms. The van der Waals surface area contributed by atoms with Crippen molar-refractivity contribution in [3.05, 3.63) is 87.7 Å². The summed E-state index contributed by atoms with van der Waals surface area (Å²) in [7, 11) is 0. The van der Waals surface area contributed by atoms with Crippen LogP contribution in [0.5, 0.6) is 11.5 Å². The number of rotatable bonds is 8. The molecule has 1 fully saturated rings. The number of para-hydroxylation sites is 2. The molecule has 214 valence electrons. The lowest BCUT2D eigenvalue weighted by Gasteiger charge is -2.27. The number of nitrogens with zero attached hydrogens (tertiary/aromatic N) is 4. The molecule has 0 bridgehead atoms. The molecule has 0 atom stereocenters. The van der Waals surface area contributed by atoms with Gasteiger partial charge in [0.05, 0.1) is 42.0 Å². The second-order valence-corrected chi connectivity index (χ2v) is 9.91. The van der Waals surface area contributed by atoms with E-state index in [2.05, 4.69) is 5.10 Å². The van der Waals surface area contributed by atoms with E-state index >= 15 is 0 Å². The quantitative estimate of drug-likeness (QED) is 0.236. The maximum absolute atomic E-state index is 13.6. The van der Waals surface area contributed by atoms with Gasteiger partial charge in [-0.05, 0) is 48.9 Å². The summed E-state index contributed by atoms with van der Waals surface area (Å²) < 4.78 is 24.1.